The summed E-state index contributed by atoms with van der Waals surface area (Å²) in [4.78, 5) is 0. The van der Waals surface area contributed by atoms with Crippen LogP contribution >= 0.6 is 0 Å². The number of hydrogen-bond donors (Lipinski definition) is 1. The average molecular weight is 725 g/mol. The van der Waals surface area contributed by atoms with Crippen molar-refractivity contribution in [3.05, 3.63) is 0 Å². The van der Waals surface area contributed by atoms with E-state index in [2.05, 4.69) is 13.8 Å². The van der Waals surface area contributed by atoms with Crippen LogP contribution in [-0.2, 0) is 47.4 Å². The van der Waals surface area contributed by atoms with Gasteiger partial charge >= 0.3 is 0 Å². The Labute approximate surface area is 307 Å². The first-order valence-corrected chi connectivity index (χ1v) is 20.1. The summed E-state index contributed by atoms with van der Waals surface area (Å²) in [7, 11) is 0. The predicted molar refractivity (Wildman–Crippen MR) is 199 cm³/mol. The fourth-order valence-corrected chi connectivity index (χ4v) is 4.97. The summed E-state index contributed by atoms with van der Waals surface area (Å²) in [5, 5.41) is 8.60. The van der Waals surface area contributed by atoms with E-state index in [1.807, 2.05) is 13.8 Å². The van der Waals surface area contributed by atoms with Crippen molar-refractivity contribution in [2.45, 2.75) is 136 Å². The van der Waals surface area contributed by atoms with Crippen molar-refractivity contribution >= 4 is 0 Å². The molecule has 0 aromatic heterocycles. The first-order chi connectivity index (χ1) is 24.6. The van der Waals surface area contributed by atoms with Gasteiger partial charge in [0, 0.05) is 6.61 Å². The minimum Gasteiger partial charge on any atom is -0.394 e. The molecular weight excluding hydrogens is 644 g/mol. The second-order valence-electron chi connectivity index (χ2n) is 13.0. The maximum atomic E-state index is 8.60. The summed E-state index contributed by atoms with van der Waals surface area (Å²) in [5.74, 6) is 0. The van der Waals surface area contributed by atoms with Crippen LogP contribution in [0.1, 0.15) is 118 Å². The average Bonchev–Trinajstić information content (AvgIpc) is 3.12. The van der Waals surface area contributed by atoms with Gasteiger partial charge in [0.1, 0.15) is 0 Å². The standard InChI is InChI=1S/C39H80O11/c1-5-6-7-8-9-10-11-12-13-14-15-16-17-18-20-47-34-37(2)49-36-39(4)50-35-38(3)48-33-32-46-31-30-45-29-28-44-27-26-43-25-24-42-23-22-41-21-19-40/h37-40H,5-36H2,1-4H3. The molecule has 3 unspecified atom stereocenters. The van der Waals surface area contributed by atoms with Crippen LogP contribution in [0.15, 0.2) is 0 Å². The molecule has 0 amide bonds. The van der Waals surface area contributed by atoms with Crippen molar-refractivity contribution in [3.8, 4) is 0 Å². The number of unbranched alkanes of at least 4 members (excludes halogenated alkanes) is 13. The minimum absolute atomic E-state index is 0.00627. The number of aliphatic hydroxyl groups excluding tert-OH is 1. The van der Waals surface area contributed by atoms with Gasteiger partial charge in [-0.15, -0.1) is 0 Å². The van der Waals surface area contributed by atoms with Gasteiger partial charge in [0.05, 0.1) is 131 Å². The van der Waals surface area contributed by atoms with Crippen LogP contribution in [0.3, 0.4) is 0 Å². The summed E-state index contributed by atoms with van der Waals surface area (Å²) in [6, 6.07) is 0. The van der Waals surface area contributed by atoms with Gasteiger partial charge in [-0.3, -0.25) is 0 Å². The van der Waals surface area contributed by atoms with Crippen LogP contribution in [0.5, 0.6) is 0 Å². The van der Waals surface area contributed by atoms with Crippen LogP contribution in [0, 0.1) is 0 Å². The minimum atomic E-state index is -0.0196. The third-order valence-corrected chi connectivity index (χ3v) is 7.95. The topological polar surface area (TPSA) is 113 Å². The SMILES string of the molecule is CCCCCCCCCCCCCCCCOCC(C)OCC(C)OCC(C)OCCOCCOCCOCCOCCOCCOCCO. The van der Waals surface area contributed by atoms with Crippen molar-refractivity contribution in [2.24, 2.45) is 0 Å². The number of ether oxygens (including phenoxy) is 10. The summed E-state index contributed by atoms with van der Waals surface area (Å²) >= 11 is 0. The molecule has 0 bridgehead atoms. The summed E-state index contributed by atoms with van der Waals surface area (Å²) < 4.78 is 55.9. The highest BCUT2D eigenvalue weighted by Crippen LogP contribution is 2.13. The zero-order valence-corrected chi connectivity index (χ0v) is 32.9. The summed E-state index contributed by atoms with van der Waals surface area (Å²) in [5.41, 5.74) is 0. The van der Waals surface area contributed by atoms with E-state index in [-0.39, 0.29) is 24.9 Å². The van der Waals surface area contributed by atoms with Gasteiger partial charge in [-0.1, -0.05) is 90.4 Å². The van der Waals surface area contributed by atoms with Gasteiger partial charge in [-0.25, -0.2) is 0 Å². The van der Waals surface area contributed by atoms with Gasteiger partial charge in [0.25, 0.3) is 0 Å². The van der Waals surface area contributed by atoms with E-state index in [0.29, 0.717) is 106 Å². The van der Waals surface area contributed by atoms with Gasteiger partial charge in [0.15, 0.2) is 0 Å². The molecule has 1 N–H and O–H groups in total. The van der Waals surface area contributed by atoms with Gasteiger partial charge < -0.3 is 52.5 Å². The highest BCUT2D eigenvalue weighted by atomic mass is 16.6. The molecule has 0 heterocycles. The second-order valence-corrected chi connectivity index (χ2v) is 13.0. The molecule has 11 heteroatoms. The molecule has 0 aromatic rings. The molecule has 0 rings (SSSR count). The van der Waals surface area contributed by atoms with Crippen LogP contribution < -0.4 is 0 Å². The lowest BCUT2D eigenvalue weighted by Gasteiger charge is -2.20. The quantitative estimate of drug-likeness (QED) is 0.0671. The molecule has 11 nitrogen and oxygen atoms in total. The first kappa shape index (κ1) is 49.6. The second kappa shape index (κ2) is 43.0. The summed E-state index contributed by atoms with van der Waals surface area (Å²) in [6.45, 7) is 17.3. The monoisotopic (exact) mass is 725 g/mol. The van der Waals surface area contributed by atoms with E-state index in [0.717, 1.165) is 13.0 Å². The van der Waals surface area contributed by atoms with Crippen molar-refractivity contribution in [1.29, 1.82) is 0 Å². The van der Waals surface area contributed by atoms with Crippen molar-refractivity contribution in [2.75, 3.05) is 119 Å². The van der Waals surface area contributed by atoms with Gasteiger partial charge in [0.2, 0.25) is 0 Å². The molecule has 0 radical (unpaired) electrons. The van der Waals surface area contributed by atoms with Crippen LogP contribution in [-0.4, -0.2) is 142 Å². The Morgan fingerprint density at radius 1 is 0.320 bits per heavy atom. The van der Waals surface area contributed by atoms with Gasteiger partial charge in [-0.05, 0) is 27.2 Å². The number of aliphatic hydroxyl groups is 1. The number of hydrogen-bond acceptors (Lipinski definition) is 11. The molecule has 0 saturated carbocycles. The highest BCUT2D eigenvalue weighted by molar-refractivity contribution is 4.56. The van der Waals surface area contributed by atoms with E-state index in [1.54, 1.807) is 0 Å². The maximum absolute atomic E-state index is 8.60. The predicted octanol–water partition coefficient (Wildman–Crippen LogP) is 6.79. The van der Waals surface area contributed by atoms with E-state index in [9.17, 15) is 0 Å². The van der Waals surface area contributed by atoms with Crippen molar-refractivity contribution in [3.63, 3.8) is 0 Å². The Kier molecular flexibility index (Phi) is 42.6. The van der Waals surface area contributed by atoms with Gasteiger partial charge in [-0.2, -0.15) is 0 Å². The lowest BCUT2D eigenvalue weighted by Crippen LogP contribution is -2.27. The normalized spacial score (nSPS) is 13.6. The Morgan fingerprint density at radius 3 is 1.04 bits per heavy atom. The summed E-state index contributed by atoms with van der Waals surface area (Å²) in [6.07, 6.45) is 19.2. The zero-order chi connectivity index (χ0) is 36.4. The molecule has 0 aliphatic heterocycles. The maximum Gasteiger partial charge on any atom is 0.0781 e. The van der Waals surface area contributed by atoms with E-state index in [4.69, 9.17) is 52.5 Å². The van der Waals surface area contributed by atoms with E-state index >= 15 is 0 Å². The lowest BCUT2D eigenvalue weighted by molar-refractivity contribution is -0.0854. The Balaban J connectivity index is 3.34. The lowest BCUT2D eigenvalue weighted by atomic mass is 10.0. The molecule has 3 atom stereocenters. The Bertz CT molecular complexity index is 617. The molecule has 0 aliphatic carbocycles. The largest absolute Gasteiger partial charge is 0.394 e. The fourth-order valence-electron chi connectivity index (χ4n) is 4.97. The first-order valence-electron chi connectivity index (χ1n) is 20.1. The van der Waals surface area contributed by atoms with Crippen LogP contribution in [0.25, 0.3) is 0 Å². The third kappa shape index (κ3) is 42.0. The molecule has 0 spiro atoms. The Hall–Kier alpha value is -0.440. The smallest absolute Gasteiger partial charge is 0.0781 e. The third-order valence-electron chi connectivity index (χ3n) is 7.95. The molecular formula is C39H80O11. The molecule has 0 saturated heterocycles. The zero-order valence-electron chi connectivity index (χ0n) is 32.9. The van der Waals surface area contributed by atoms with Crippen LogP contribution in [0.2, 0.25) is 0 Å². The molecule has 302 valence electrons. The molecule has 50 heavy (non-hydrogen) atoms. The van der Waals surface area contributed by atoms with E-state index in [1.165, 1.54) is 83.5 Å². The molecule has 0 aromatic carbocycles. The number of rotatable bonds is 44. The van der Waals surface area contributed by atoms with E-state index < -0.39 is 0 Å². The fraction of sp³-hybridized carbons (Fsp3) is 1.00. The van der Waals surface area contributed by atoms with Crippen LogP contribution in [0.4, 0.5) is 0 Å². The van der Waals surface area contributed by atoms with Crippen molar-refractivity contribution < 1.29 is 52.5 Å². The molecule has 0 fully saturated rings. The van der Waals surface area contributed by atoms with Crippen molar-refractivity contribution in [1.82, 2.24) is 0 Å². The Morgan fingerprint density at radius 2 is 0.640 bits per heavy atom. The molecule has 0 aliphatic rings. The highest BCUT2D eigenvalue weighted by Gasteiger charge is 2.10.